The molecule has 2 rings (SSSR count). The van der Waals surface area contributed by atoms with E-state index in [-0.39, 0.29) is 5.25 Å². The highest BCUT2D eigenvalue weighted by Crippen LogP contribution is 2.26. The molecule has 1 saturated heterocycles. The van der Waals surface area contributed by atoms with Crippen LogP contribution in [-0.2, 0) is 14.8 Å². The maximum atomic E-state index is 12.8. The van der Waals surface area contributed by atoms with E-state index in [2.05, 4.69) is 0 Å². The van der Waals surface area contributed by atoms with E-state index < -0.39 is 10.0 Å². The molecule has 1 aliphatic heterocycles. The van der Waals surface area contributed by atoms with Gasteiger partial charge in [0.2, 0.25) is 10.0 Å². The van der Waals surface area contributed by atoms with E-state index >= 15 is 0 Å². The van der Waals surface area contributed by atoms with Crippen LogP contribution in [0.25, 0.3) is 0 Å². The van der Waals surface area contributed by atoms with Crippen molar-refractivity contribution in [2.75, 3.05) is 29.8 Å². The third kappa shape index (κ3) is 3.24. The summed E-state index contributed by atoms with van der Waals surface area (Å²) < 4.78 is 32.4. The first-order chi connectivity index (χ1) is 9.55. The minimum atomic E-state index is -3.34. The minimum Gasteiger partial charge on any atom is -0.399 e. The second-order valence-corrected chi connectivity index (χ2v) is 7.16. The fourth-order valence-electron chi connectivity index (χ4n) is 2.40. The standard InChI is InChI=1S/C14H22N2O3S/c1-2-9-16(13-5-3-12(15)4-6-13)20(17,18)14-7-10-19-11-8-14/h3-6,14H,2,7-11,15H2,1H3. The molecule has 0 amide bonds. The molecule has 1 aromatic rings. The molecule has 0 saturated carbocycles. The van der Waals surface area contributed by atoms with Crippen LogP contribution in [0.3, 0.4) is 0 Å². The summed E-state index contributed by atoms with van der Waals surface area (Å²) in [6.07, 6.45) is 1.90. The second kappa shape index (κ2) is 6.45. The number of hydrogen-bond acceptors (Lipinski definition) is 4. The van der Waals surface area contributed by atoms with Gasteiger partial charge in [-0.3, -0.25) is 4.31 Å². The summed E-state index contributed by atoms with van der Waals surface area (Å²) in [5.41, 5.74) is 6.99. The Morgan fingerprint density at radius 2 is 1.85 bits per heavy atom. The van der Waals surface area contributed by atoms with E-state index in [4.69, 9.17) is 10.5 Å². The van der Waals surface area contributed by atoms with Crippen molar-refractivity contribution in [3.8, 4) is 0 Å². The summed E-state index contributed by atoms with van der Waals surface area (Å²) in [5, 5.41) is -0.347. The zero-order chi connectivity index (χ0) is 14.6. The maximum absolute atomic E-state index is 12.8. The number of ether oxygens (including phenoxy) is 1. The number of benzene rings is 1. The Kier molecular flexibility index (Phi) is 4.88. The molecule has 0 bridgehead atoms. The lowest BCUT2D eigenvalue weighted by molar-refractivity contribution is 0.0983. The van der Waals surface area contributed by atoms with E-state index in [1.807, 2.05) is 6.92 Å². The Morgan fingerprint density at radius 1 is 1.25 bits per heavy atom. The van der Waals surface area contributed by atoms with Crippen LogP contribution in [0.15, 0.2) is 24.3 Å². The van der Waals surface area contributed by atoms with Gasteiger partial charge in [0.25, 0.3) is 0 Å². The Morgan fingerprint density at radius 3 is 2.40 bits per heavy atom. The summed E-state index contributed by atoms with van der Waals surface area (Å²) in [6, 6.07) is 7.00. The maximum Gasteiger partial charge on any atom is 0.238 e. The van der Waals surface area contributed by atoms with Crippen LogP contribution in [0.2, 0.25) is 0 Å². The Labute approximate surface area is 120 Å². The van der Waals surface area contributed by atoms with Crippen LogP contribution in [0.5, 0.6) is 0 Å². The molecule has 5 nitrogen and oxygen atoms in total. The van der Waals surface area contributed by atoms with Gasteiger partial charge in [0.15, 0.2) is 0 Å². The molecule has 2 N–H and O–H groups in total. The molecule has 0 aromatic heterocycles. The number of nitrogens with two attached hydrogens (primary N) is 1. The van der Waals surface area contributed by atoms with Gasteiger partial charge in [-0.2, -0.15) is 0 Å². The van der Waals surface area contributed by atoms with Gasteiger partial charge in [-0.25, -0.2) is 8.42 Å². The molecule has 0 radical (unpaired) electrons. The number of sulfonamides is 1. The number of rotatable bonds is 5. The lowest BCUT2D eigenvalue weighted by atomic mass is 10.2. The first kappa shape index (κ1) is 15.1. The molecule has 0 atom stereocenters. The van der Waals surface area contributed by atoms with Crippen molar-refractivity contribution in [1.29, 1.82) is 0 Å². The Hall–Kier alpha value is -1.27. The topological polar surface area (TPSA) is 72.6 Å². The van der Waals surface area contributed by atoms with Crippen molar-refractivity contribution in [1.82, 2.24) is 0 Å². The summed E-state index contributed by atoms with van der Waals surface area (Å²) >= 11 is 0. The third-order valence-corrected chi connectivity index (χ3v) is 5.83. The third-order valence-electron chi connectivity index (χ3n) is 3.50. The van der Waals surface area contributed by atoms with Crippen molar-refractivity contribution in [3.05, 3.63) is 24.3 Å². The molecule has 1 aromatic carbocycles. The summed E-state index contributed by atoms with van der Waals surface area (Å²) in [4.78, 5) is 0. The monoisotopic (exact) mass is 298 g/mol. The molecule has 1 aliphatic rings. The molecule has 20 heavy (non-hydrogen) atoms. The molecular formula is C14H22N2O3S. The van der Waals surface area contributed by atoms with Gasteiger partial charge in [0.1, 0.15) is 0 Å². The van der Waals surface area contributed by atoms with Crippen LogP contribution in [-0.4, -0.2) is 33.4 Å². The number of nitrogens with zero attached hydrogens (tertiary/aromatic N) is 1. The first-order valence-electron chi connectivity index (χ1n) is 7.00. The van der Waals surface area contributed by atoms with E-state index in [1.54, 1.807) is 24.3 Å². The zero-order valence-corrected chi connectivity index (χ0v) is 12.6. The molecule has 112 valence electrons. The first-order valence-corrected chi connectivity index (χ1v) is 8.51. The van der Waals surface area contributed by atoms with Crippen LogP contribution in [0, 0.1) is 0 Å². The molecule has 1 fully saturated rings. The van der Waals surface area contributed by atoms with Gasteiger partial charge in [-0.15, -0.1) is 0 Å². The van der Waals surface area contributed by atoms with Crippen molar-refractivity contribution in [3.63, 3.8) is 0 Å². The van der Waals surface area contributed by atoms with Crippen molar-refractivity contribution in [2.24, 2.45) is 0 Å². The molecule has 0 spiro atoms. The number of anilines is 2. The highest BCUT2D eigenvalue weighted by Gasteiger charge is 2.33. The van der Waals surface area contributed by atoms with Gasteiger partial charge in [0.05, 0.1) is 10.9 Å². The van der Waals surface area contributed by atoms with Gasteiger partial charge in [0, 0.05) is 25.4 Å². The van der Waals surface area contributed by atoms with Gasteiger partial charge in [-0.1, -0.05) is 6.92 Å². The molecule has 0 aliphatic carbocycles. The normalized spacial score (nSPS) is 17.1. The highest BCUT2D eigenvalue weighted by atomic mass is 32.2. The fourth-order valence-corrected chi connectivity index (χ4v) is 4.40. The average molecular weight is 298 g/mol. The SMILES string of the molecule is CCCN(c1ccc(N)cc1)S(=O)(=O)C1CCOCC1. The summed E-state index contributed by atoms with van der Waals surface area (Å²) in [7, 11) is -3.34. The van der Waals surface area contributed by atoms with E-state index in [0.717, 1.165) is 6.42 Å². The number of nitrogen functional groups attached to an aromatic ring is 1. The van der Waals surface area contributed by atoms with Gasteiger partial charge >= 0.3 is 0 Å². The molecule has 0 unspecified atom stereocenters. The highest BCUT2D eigenvalue weighted by molar-refractivity contribution is 7.93. The molecular weight excluding hydrogens is 276 g/mol. The van der Waals surface area contributed by atoms with Crippen molar-refractivity contribution >= 4 is 21.4 Å². The van der Waals surface area contributed by atoms with Crippen molar-refractivity contribution < 1.29 is 13.2 Å². The van der Waals surface area contributed by atoms with Crippen molar-refractivity contribution in [2.45, 2.75) is 31.4 Å². The summed E-state index contributed by atoms with van der Waals surface area (Å²) in [5.74, 6) is 0. The molecule has 6 heteroatoms. The second-order valence-electron chi connectivity index (χ2n) is 5.02. The van der Waals surface area contributed by atoms with Crippen LogP contribution in [0.1, 0.15) is 26.2 Å². The van der Waals surface area contributed by atoms with Gasteiger partial charge in [-0.05, 0) is 43.5 Å². The van der Waals surface area contributed by atoms with Crippen LogP contribution in [0.4, 0.5) is 11.4 Å². The Balaban J connectivity index is 2.28. The summed E-state index contributed by atoms with van der Waals surface area (Å²) in [6.45, 7) is 3.50. The van der Waals surface area contributed by atoms with Crippen LogP contribution < -0.4 is 10.0 Å². The van der Waals surface area contributed by atoms with E-state index in [9.17, 15) is 8.42 Å². The van der Waals surface area contributed by atoms with E-state index in [1.165, 1.54) is 4.31 Å². The lowest BCUT2D eigenvalue weighted by Gasteiger charge is -2.31. The zero-order valence-electron chi connectivity index (χ0n) is 11.8. The fraction of sp³-hybridized carbons (Fsp3) is 0.571. The largest absolute Gasteiger partial charge is 0.399 e. The quantitative estimate of drug-likeness (QED) is 0.844. The lowest BCUT2D eigenvalue weighted by Crippen LogP contribution is -2.42. The smallest absolute Gasteiger partial charge is 0.238 e. The predicted octanol–water partition coefficient (Wildman–Crippen LogP) is 1.99. The van der Waals surface area contributed by atoms with E-state index in [0.29, 0.717) is 44.0 Å². The molecule has 1 heterocycles. The predicted molar refractivity (Wildman–Crippen MR) is 81.3 cm³/mol. The average Bonchev–Trinajstić information content (AvgIpc) is 2.47. The number of hydrogen-bond donors (Lipinski definition) is 1. The minimum absolute atomic E-state index is 0.347. The van der Waals surface area contributed by atoms with Gasteiger partial charge < -0.3 is 10.5 Å². The Bertz CT molecular complexity index is 522. The van der Waals surface area contributed by atoms with Crippen LogP contribution >= 0.6 is 0 Å².